The van der Waals surface area contributed by atoms with Crippen molar-refractivity contribution in [2.24, 2.45) is 0 Å². The summed E-state index contributed by atoms with van der Waals surface area (Å²) in [5.41, 5.74) is 3.18. The van der Waals surface area contributed by atoms with E-state index in [4.69, 9.17) is 0 Å². The highest BCUT2D eigenvalue weighted by molar-refractivity contribution is 5.51. The van der Waals surface area contributed by atoms with Crippen molar-refractivity contribution in [3.8, 4) is 11.5 Å². The van der Waals surface area contributed by atoms with E-state index in [0.717, 1.165) is 24.0 Å². The van der Waals surface area contributed by atoms with Crippen LogP contribution in [0.15, 0.2) is 78.9 Å². The van der Waals surface area contributed by atoms with E-state index in [1.807, 2.05) is 30.3 Å². The molecule has 0 aliphatic rings. The van der Waals surface area contributed by atoms with Crippen LogP contribution in [-0.2, 0) is 5.41 Å². The molecule has 2 N–H and O–H groups in total. The SMILES string of the molecule is CCCC(c1ccccc1)(c1ccc(O)cc1)c1ccc(O)cc1. The fraction of sp³-hybridized carbons (Fsp3) is 0.182. The number of benzene rings is 3. The molecule has 24 heavy (non-hydrogen) atoms. The molecule has 0 atom stereocenters. The Morgan fingerprint density at radius 1 is 0.625 bits per heavy atom. The molecule has 122 valence electrons. The van der Waals surface area contributed by atoms with E-state index in [2.05, 4.69) is 31.2 Å². The van der Waals surface area contributed by atoms with Crippen molar-refractivity contribution in [3.63, 3.8) is 0 Å². The van der Waals surface area contributed by atoms with Gasteiger partial charge in [-0.15, -0.1) is 0 Å². The molecule has 0 fully saturated rings. The molecule has 3 aromatic carbocycles. The van der Waals surface area contributed by atoms with E-state index in [1.54, 1.807) is 24.3 Å². The van der Waals surface area contributed by atoms with Gasteiger partial charge in [-0.25, -0.2) is 0 Å². The predicted molar refractivity (Wildman–Crippen MR) is 97.4 cm³/mol. The standard InChI is InChI=1S/C22H22O2/c1-2-16-22(17-6-4-3-5-7-17,18-8-12-20(23)13-9-18)19-10-14-21(24)15-11-19/h3-15,23-24H,2,16H2,1H3. The molecule has 0 unspecified atom stereocenters. The van der Waals surface area contributed by atoms with Crippen LogP contribution in [0.2, 0.25) is 0 Å². The Kier molecular flexibility index (Phi) is 4.57. The van der Waals surface area contributed by atoms with Crippen molar-refractivity contribution >= 4 is 0 Å². The summed E-state index contributed by atoms with van der Waals surface area (Å²) >= 11 is 0. The summed E-state index contributed by atoms with van der Waals surface area (Å²) in [6.45, 7) is 2.18. The van der Waals surface area contributed by atoms with Crippen LogP contribution >= 0.6 is 0 Å². The molecule has 2 nitrogen and oxygen atoms in total. The third-order valence-electron chi connectivity index (χ3n) is 4.61. The summed E-state index contributed by atoms with van der Waals surface area (Å²) in [7, 11) is 0. The van der Waals surface area contributed by atoms with Gasteiger partial charge in [0.2, 0.25) is 0 Å². The Labute approximate surface area is 143 Å². The Balaban J connectivity index is 2.28. The zero-order valence-electron chi connectivity index (χ0n) is 13.8. The first kappa shape index (κ1) is 16.1. The second-order valence-electron chi connectivity index (χ2n) is 6.12. The summed E-state index contributed by atoms with van der Waals surface area (Å²) in [4.78, 5) is 0. The van der Waals surface area contributed by atoms with Crippen LogP contribution in [-0.4, -0.2) is 10.2 Å². The number of rotatable bonds is 5. The third-order valence-corrected chi connectivity index (χ3v) is 4.61. The minimum absolute atomic E-state index is 0.267. The Bertz CT molecular complexity index is 729. The molecule has 0 saturated carbocycles. The first-order chi connectivity index (χ1) is 11.7. The summed E-state index contributed by atoms with van der Waals surface area (Å²) < 4.78 is 0. The van der Waals surface area contributed by atoms with Crippen molar-refractivity contribution in [1.82, 2.24) is 0 Å². The zero-order valence-corrected chi connectivity index (χ0v) is 13.8. The molecule has 0 aliphatic carbocycles. The number of hydrogen-bond donors (Lipinski definition) is 2. The molecule has 3 rings (SSSR count). The molecule has 0 aromatic heterocycles. The summed E-state index contributed by atoms with van der Waals surface area (Å²) in [5.74, 6) is 0.533. The summed E-state index contributed by atoms with van der Waals surface area (Å²) in [6.07, 6.45) is 1.95. The molecular formula is C22H22O2. The van der Waals surface area contributed by atoms with Gasteiger partial charge in [-0.05, 0) is 47.4 Å². The lowest BCUT2D eigenvalue weighted by Gasteiger charge is -2.36. The monoisotopic (exact) mass is 318 g/mol. The molecule has 0 saturated heterocycles. The van der Waals surface area contributed by atoms with Gasteiger partial charge in [0, 0.05) is 5.41 Å². The van der Waals surface area contributed by atoms with Crippen molar-refractivity contribution < 1.29 is 10.2 Å². The van der Waals surface area contributed by atoms with E-state index in [-0.39, 0.29) is 16.9 Å². The summed E-state index contributed by atoms with van der Waals surface area (Å²) in [5, 5.41) is 19.4. The first-order valence-electron chi connectivity index (χ1n) is 8.31. The highest BCUT2D eigenvalue weighted by Gasteiger charge is 2.35. The van der Waals surface area contributed by atoms with Crippen molar-refractivity contribution in [1.29, 1.82) is 0 Å². The van der Waals surface area contributed by atoms with Gasteiger partial charge in [-0.1, -0.05) is 67.9 Å². The quantitative estimate of drug-likeness (QED) is 0.632. The lowest BCUT2D eigenvalue weighted by Crippen LogP contribution is -2.29. The first-order valence-corrected chi connectivity index (χ1v) is 8.31. The number of phenols is 2. The molecule has 0 bridgehead atoms. The lowest BCUT2D eigenvalue weighted by atomic mass is 9.67. The Hall–Kier alpha value is -2.74. The van der Waals surface area contributed by atoms with Crippen LogP contribution in [0.1, 0.15) is 36.5 Å². The zero-order chi connectivity index (χ0) is 17.0. The van der Waals surface area contributed by atoms with Crippen molar-refractivity contribution in [2.75, 3.05) is 0 Å². The predicted octanol–water partition coefficient (Wildman–Crippen LogP) is 5.23. The number of phenolic OH excluding ortho intramolecular Hbond substituents is 2. The van der Waals surface area contributed by atoms with Crippen LogP contribution in [0.5, 0.6) is 11.5 Å². The topological polar surface area (TPSA) is 40.5 Å². The van der Waals surface area contributed by atoms with E-state index < -0.39 is 0 Å². The molecule has 2 heteroatoms. The highest BCUT2D eigenvalue weighted by Crippen LogP contribution is 2.43. The molecule has 0 radical (unpaired) electrons. The number of aromatic hydroxyl groups is 2. The third kappa shape index (κ3) is 2.88. The summed E-state index contributed by atoms with van der Waals surface area (Å²) in [6, 6.07) is 25.4. The van der Waals surface area contributed by atoms with Gasteiger partial charge in [0.15, 0.2) is 0 Å². The second kappa shape index (κ2) is 6.79. The fourth-order valence-electron chi connectivity index (χ4n) is 3.52. The van der Waals surface area contributed by atoms with Crippen LogP contribution in [0.4, 0.5) is 0 Å². The molecule has 0 amide bonds. The maximum absolute atomic E-state index is 9.70. The normalized spacial score (nSPS) is 11.4. The lowest BCUT2D eigenvalue weighted by molar-refractivity contribution is 0.472. The highest BCUT2D eigenvalue weighted by atomic mass is 16.3. The van der Waals surface area contributed by atoms with Gasteiger partial charge in [-0.2, -0.15) is 0 Å². The molecule has 0 aliphatic heterocycles. The molecular weight excluding hydrogens is 296 g/mol. The fourth-order valence-corrected chi connectivity index (χ4v) is 3.52. The molecule has 0 heterocycles. The minimum atomic E-state index is -0.308. The molecule has 3 aromatic rings. The smallest absolute Gasteiger partial charge is 0.115 e. The van der Waals surface area contributed by atoms with E-state index in [0.29, 0.717) is 0 Å². The Morgan fingerprint density at radius 3 is 1.46 bits per heavy atom. The van der Waals surface area contributed by atoms with Crippen LogP contribution < -0.4 is 0 Å². The van der Waals surface area contributed by atoms with Crippen LogP contribution in [0.3, 0.4) is 0 Å². The second-order valence-corrected chi connectivity index (χ2v) is 6.12. The van der Waals surface area contributed by atoms with Gasteiger partial charge < -0.3 is 10.2 Å². The number of hydrogen-bond acceptors (Lipinski definition) is 2. The average Bonchev–Trinajstić information content (AvgIpc) is 2.62. The largest absolute Gasteiger partial charge is 0.508 e. The van der Waals surface area contributed by atoms with Gasteiger partial charge in [-0.3, -0.25) is 0 Å². The van der Waals surface area contributed by atoms with Gasteiger partial charge in [0.25, 0.3) is 0 Å². The molecule has 0 spiro atoms. The average molecular weight is 318 g/mol. The van der Waals surface area contributed by atoms with E-state index in [1.165, 1.54) is 5.56 Å². The van der Waals surface area contributed by atoms with Gasteiger partial charge in [0.1, 0.15) is 11.5 Å². The van der Waals surface area contributed by atoms with Gasteiger partial charge >= 0.3 is 0 Å². The van der Waals surface area contributed by atoms with E-state index >= 15 is 0 Å². The minimum Gasteiger partial charge on any atom is -0.508 e. The van der Waals surface area contributed by atoms with Gasteiger partial charge in [0.05, 0.1) is 0 Å². The Morgan fingerprint density at radius 2 is 1.04 bits per heavy atom. The van der Waals surface area contributed by atoms with E-state index in [9.17, 15) is 10.2 Å². The van der Waals surface area contributed by atoms with Crippen LogP contribution in [0, 0.1) is 0 Å². The van der Waals surface area contributed by atoms with Crippen molar-refractivity contribution in [2.45, 2.75) is 25.2 Å². The maximum Gasteiger partial charge on any atom is 0.115 e. The van der Waals surface area contributed by atoms with Crippen LogP contribution in [0.25, 0.3) is 0 Å². The maximum atomic E-state index is 9.70. The van der Waals surface area contributed by atoms with Crippen molar-refractivity contribution in [3.05, 3.63) is 95.6 Å².